The van der Waals surface area contributed by atoms with Gasteiger partial charge in [0.1, 0.15) is 17.4 Å². The Bertz CT molecular complexity index is 1170. The summed E-state index contributed by atoms with van der Waals surface area (Å²) in [6.07, 6.45) is 1.18. The lowest BCUT2D eigenvalue weighted by Crippen LogP contribution is -2.40. The Balaban J connectivity index is 1.74. The molecule has 3 rings (SSSR count). The third kappa shape index (κ3) is 6.24. The van der Waals surface area contributed by atoms with E-state index in [9.17, 15) is 18.5 Å². The summed E-state index contributed by atoms with van der Waals surface area (Å²) in [5.74, 6) is 0.0251. The summed E-state index contributed by atoms with van der Waals surface area (Å²) in [6.45, 7) is 3.57. The first kappa shape index (κ1) is 24.5. The maximum atomic E-state index is 12.9. The lowest BCUT2D eigenvalue weighted by molar-refractivity contribution is -0.112. The zero-order valence-electron chi connectivity index (χ0n) is 17.9. The summed E-state index contributed by atoms with van der Waals surface area (Å²) in [5.41, 5.74) is 0.509. The normalized spacial score (nSPS) is 14.9. The topological polar surface area (TPSA) is 121 Å². The van der Waals surface area contributed by atoms with Gasteiger partial charge in [-0.2, -0.15) is 9.57 Å². The summed E-state index contributed by atoms with van der Waals surface area (Å²) in [5, 5.41) is 15.0. The average molecular weight is 491 g/mol. The van der Waals surface area contributed by atoms with Crippen molar-refractivity contribution in [3.63, 3.8) is 0 Å². The predicted molar refractivity (Wildman–Crippen MR) is 125 cm³/mol. The first-order valence-corrected chi connectivity index (χ1v) is 12.0. The summed E-state index contributed by atoms with van der Waals surface area (Å²) in [4.78, 5) is 12.5. The number of carbonyl (C=O) groups excluding carboxylic acids is 1. The van der Waals surface area contributed by atoms with Gasteiger partial charge in [-0.1, -0.05) is 11.6 Å². The van der Waals surface area contributed by atoms with E-state index < -0.39 is 15.9 Å². The number of carbonyl (C=O) groups is 1. The molecule has 1 heterocycles. The number of nitriles is 1. The molecule has 1 amide bonds. The Morgan fingerprint density at radius 2 is 1.94 bits per heavy atom. The molecule has 0 radical (unpaired) electrons. The standard InChI is InChI=1S/C22H23ClN4O5S/c1-2-32-18-5-3-17(4-6-18)26-22(28)16(14-24)15-25-21-13-19(7-8-20(21)23)33(29,30)27-9-11-31-12-10-27/h3-8,13,15,25H,2,9-12H2,1H3,(H,26,28)/b16-15-. The van der Waals surface area contributed by atoms with Crippen LogP contribution in [0.2, 0.25) is 5.02 Å². The number of amides is 1. The maximum Gasteiger partial charge on any atom is 0.267 e. The summed E-state index contributed by atoms with van der Waals surface area (Å²) >= 11 is 6.19. The molecular formula is C22H23ClN4O5S. The molecule has 11 heteroatoms. The number of hydrogen-bond acceptors (Lipinski definition) is 7. The second-order valence-corrected chi connectivity index (χ2v) is 9.23. The molecule has 0 bridgehead atoms. The van der Waals surface area contributed by atoms with E-state index in [1.54, 1.807) is 24.3 Å². The van der Waals surface area contributed by atoms with Gasteiger partial charge in [0.25, 0.3) is 5.91 Å². The van der Waals surface area contributed by atoms with Gasteiger partial charge >= 0.3 is 0 Å². The van der Waals surface area contributed by atoms with E-state index >= 15 is 0 Å². The van der Waals surface area contributed by atoms with Crippen molar-refractivity contribution in [3.8, 4) is 11.8 Å². The van der Waals surface area contributed by atoms with Crippen LogP contribution in [0.1, 0.15) is 6.92 Å². The van der Waals surface area contributed by atoms with E-state index in [-0.39, 0.29) is 34.3 Å². The number of nitrogens with one attached hydrogen (secondary N) is 2. The number of rotatable bonds is 8. The molecule has 33 heavy (non-hydrogen) atoms. The van der Waals surface area contributed by atoms with Crippen molar-refractivity contribution < 1.29 is 22.7 Å². The molecule has 2 aromatic carbocycles. The van der Waals surface area contributed by atoms with Gasteiger partial charge in [-0.15, -0.1) is 0 Å². The molecule has 0 atom stereocenters. The number of halogens is 1. The van der Waals surface area contributed by atoms with Gasteiger partial charge in [-0.05, 0) is 49.4 Å². The molecule has 174 valence electrons. The Kier molecular flexibility index (Phi) is 8.30. The molecule has 1 fully saturated rings. The van der Waals surface area contributed by atoms with Crippen molar-refractivity contribution in [2.24, 2.45) is 0 Å². The highest BCUT2D eigenvalue weighted by atomic mass is 35.5. The molecular weight excluding hydrogens is 468 g/mol. The van der Waals surface area contributed by atoms with E-state index in [0.29, 0.717) is 31.3 Å². The smallest absolute Gasteiger partial charge is 0.267 e. The van der Waals surface area contributed by atoms with E-state index in [2.05, 4.69) is 10.6 Å². The van der Waals surface area contributed by atoms with Crippen LogP contribution in [0.25, 0.3) is 0 Å². The van der Waals surface area contributed by atoms with Crippen molar-refractivity contribution in [1.82, 2.24) is 4.31 Å². The van der Waals surface area contributed by atoms with Gasteiger partial charge < -0.3 is 20.1 Å². The van der Waals surface area contributed by atoms with Crippen molar-refractivity contribution in [1.29, 1.82) is 5.26 Å². The number of morpholine rings is 1. The van der Waals surface area contributed by atoms with Crippen molar-refractivity contribution in [3.05, 3.63) is 59.3 Å². The second-order valence-electron chi connectivity index (χ2n) is 6.88. The Hall–Kier alpha value is -3.10. The first-order chi connectivity index (χ1) is 15.8. The van der Waals surface area contributed by atoms with Gasteiger partial charge in [0.05, 0.1) is 35.4 Å². The van der Waals surface area contributed by atoms with Gasteiger partial charge in [0, 0.05) is 25.0 Å². The second kappa shape index (κ2) is 11.2. The number of benzene rings is 2. The maximum absolute atomic E-state index is 12.9. The molecule has 1 aliphatic heterocycles. The van der Waals surface area contributed by atoms with Crippen LogP contribution in [-0.2, 0) is 19.6 Å². The van der Waals surface area contributed by atoms with Crippen molar-refractivity contribution in [2.75, 3.05) is 43.5 Å². The van der Waals surface area contributed by atoms with E-state index in [1.807, 2.05) is 13.0 Å². The van der Waals surface area contributed by atoms with Crippen LogP contribution in [0.15, 0.2) is 59.1 Å². The molecule has 2 aromatic rings. The molecule has 0 saturated carbocycles. The largest absolute Gasteiger partial charge is 0.494 e. The summed E-state index contributed by atoms with van der Waals surface area (Å²) in [7, 11) is -3.73. The lowest BCUT2D eigenvalue weighted by Gasteiger charge is -2.26. The van der Waals surface area contributed by atoms with E-state index in [4.69, 9.17) is 21.1 Å². The molecule has 0 spiro atoms. The molecule has 1 saturated heterocycles. The predicted octanol–water partition coefficient (Wildman–Crippen LogP) is 3.22. The highest BCUT2D eigenvalue weighted by molar-refractivity contribution is 7.89. The van der Waals surface area contributed by atoms with Crippen LogP contribution in [0.5, 0.6) is 5.75 Å². The molecule has 0 aromatic heterocycles. The van der Waals surface area contributed by atoms with E-state index in [0.717, 1.165) is 0 Å². The Morgan fingerprint density at radius 3 is 2.58 bits per heavy atom. The van der Waals surface area contributed by atoms with Gasteiger partial charge in [-0.3, -0.25) is 4.79 Å². The van der Waals surface area contributed by atoms with Crippen LogP contribution in [-0.4, -0.2) is 51.5 Å². The zero-order valence-corrected chi connectivity index (χ0v) is 19.4. The Morgan fingerprint density at radius 1 is 1.24 bits per heavy atom. The van der Waals surface area contributed by atoms with Crippen LogP contribution < -0.4 is 15.4 Å². The summed E-state index contributed by atoms with van der Waals surface area (Å²) in [6, 6.07) is 12.7. The fraction of sp³-hybridized carbons (Fsp3) is 0.273. The third-order valence-electron chi connectivity index (χ3n) is 4.71. The van der Waals surface area contributed by atoms with Crippen LogP contribution in [0, 0.1) is 11.3 Å². The fourth-order valence-electron chi connectivity index (χ4n) is 3.01. The number of hydrogen-bond donors (Lipinski definition) is 2. The summed E-state index contributed by atoms with van der Waals surface area (Å²) < 4.78 is 37.7. The highest BCUT2D eigenvalue weighted by Crippen LogP contribution is 2.27. The molecule has 9 nitrogen and oxygen atoms in total. The van der Waals surface area contributed by atoms with Crippen LogP contribution >= 0.6 is 11.6 Å². The third-order valence-corrected chi connectivity index (χ3v) is 6.93. The number of nitrogens with zero attached hydrogens (tertiary/aromatic N) is 2. The number of sulfonamides is 1. The average Bonchev–Trinajstić information content (AvgIpc) is 2.82. The van der Waals surface area contributed by atoms with Gasteiger partial charge in [0.2, 0.25) is 10.0 Å². The van der Waals surface area contributed by atoms with Crippen LogP contribution in [0.4, 0.5) is 11.4 Å². The molecule has 1 aliphatic rings. The molecule has 0 unspecified atom stereocenters. The number of ether oxygens (including phenoxy) is 2. The quantitative estimate of drug-likeness (QED) is 0.430. The van der Waals surface area contributed by atoms with Crippen LogP contribution in [0.3, 0.4) is 0 Å². The minimum atomic E-state index is -3.73. The highest BCUT2D eigenvalue weighted by Gasteiger charge is 2.26. The monoisotopic (exact) mass is 490 g/mol. The van der Waals surface area contributed by atoms with E-state index in [1.165, 1.54) is 28.7 Å². The molecule has 0 aliphatic carbocycles. The fourth-order valence-corrected chi connectivity index (χ4v) is 4.62. The zero-order chi connectivity index (χ0) is 23.8. The van der Waals surface area contributed by atoms with Crippen molar-refractivity contribution >= 4 is 38.9 Å². The minimum absolute atomic E-state index is 0.0436. The van der Waals surface area contributed by atoms with Gasteiger partial charge in [0.15, 0.2) is 0 Å². The van der Waals surface area contributed by atoms with Crippen molar-refractivity contribution in [2.45, 2.75) is 11.8 Å². The minimum Gasteiger partial charge on any atom is -0.494 e. The van der Waals surface area contributed by atoms with Gasteiger partial charge in [-0.25, -0.2) is 8.42 Å². The molecule has 2 N–H and O–H groups in total. The number of anilines is 2. The Labute approximate surface area is 197 Å². The first-order valence-electron chi connectivity index (χ1n) is 10.1. The lowest BCUT2D eigenvalue weighted by atomic mass is 10.2. The SMILES string of the molecule is CCOc1ccc(NC(=O)/C(C#N)=C\Nc2cc(S(=O)(=O)N3CCOCC3)ccc2Cl)cc1.